The largest absolute Gasteiger partial charge is 0.325 e. The fourth-order valence-corrected chi connectivity index (χ4v) is 1.54. The highest BCUT2D eigenvalue weighted by molar-refractivity contribution is 9.10. The molecule has 82 valence electrons. The predicted octanol–water partition coefficient (Wildman–Crippen LogP) is 2.50. The van der Waals surface area contributed by atoms with Gasteiger partial charge in [-0.05, 0) is 25.1 Å². The summed E-state index contributed by atoms with van der Waals surface area (Å²) in [6.07, 6.45) is -0.229. The van der Waals surface area contributed by atoms with Crippen LogP contribution in [0.25, 0.3) is 0 Å². The molecule has 0 aliphatic carbocycles. The van der Waals surface area contributed by atoms with Crippen molar-refractivity contribution in [1.29, 1.82) is 5.26 Å². The van der Waals surface area contributed by atoms with Crippen LogP contribution in [0.4, 0.5) is 5.69 Å². The van der Waals surface area contributed by atoms with E-state index in [1.807, 2.05) is 0 Å². The van der Waals surface area contributed by atoms with Crippen molar-refractivity contribution in [2.24, 2.45) is 0 Å². The van der Waals surface area contributed by atoms with Crippen molar-refractivity contribution in [2.75, 3.05) is 5.32 Å². The fourth-order valence-electron chi connectivity index (χ4n) is 1.18. The summed E-state index contributed by atoms with van der Waals surface area (Å²) in [6, 6.07) is 6.71. The van der Waals surface area contributed by atoms with Crippen LogP contribution < -0.4 is 5.32 Å². The molecule has 0 saturated carbocycles. The number of rotatable bonds is 3. The second kappa shape index (κ2) is 5.42. The van der Waals surface area contributed by atoms with E-state index in [1.54, 1.807) is 24.3 Å². The van der Waals surface area contributed by atoms with Gasteiger partial charge in [0, 0.05) is 10.0 Å². The van der Waals surface area contributed by atoms with Crippen LogP contribution in [0.1, 0.15) is 23.7 Å². The van der Waals surface area contributed by atoms with Crippen molar-refractivity contribution in [2.45, 2.75) is 13.3 Å². The monoisotopic (exact) mass is 280 g/mol. The van der Waals surface area contributed by atoms with Crippen LogP contribution >= 0.6 is 15.9 Å². The maximum Gasteiger partial charge on any atom is 0.238 e. The van der Waals surface area contributed by atoms with Crippen molar-refractivity contribution >= 4 is 33.3 Å². The quantitative estimate of drug-likeness (QED) is 0.865. The molecule has 1 aromatic rings. The maximum absolute atomic E-state index is 11.3. The molecule has 1 rings (SSSR count). The molecule has 1 amide bonds. The standard InChI is InChI=1S/C11H9BrN2O2/c1-7(15)9-6-8(12)2-3-10(9)14-11(16)4-5-13/h2-3,6H,4H2,1H3,(H,14,16). The van der Waals surface area contributed by atoms with E-state index < -0.39 is 5.91 Å². The van der Waals surface area contributed by atoms with Gasteiger partial charge >= 0.3 is 0 Å². The zero-order valence-electron chi connectivity index (χ0n) is 8.58. The van der Waals surface area contributed by atoms with Crippen LogP contribution in [0.5, 0.6) is 0 Å². The van der Waals surface area contributed by atoms with Crippen molar-refractivity contribution in [3.05, 3.63) is 28.2 Å². The van der Waals surface area contributed by atoms with Crippen molar-refractivity contribution in [3.8, 4) is 6.07 Å². The van der Waals surface area contributed by atoms with E-state index in [4.69, 9.17) is 5.26 Å². The topological polar surface area (TPSA) is 70.0 Å². The van der Waals surface area contributed by atoms with Gasteiger partial charge in [0.25, 0.3) is 0 Å². The Morgan fingerprint density at radius 3 is 2.75 bits per heavy atom. The number of nitrogens with one attached hydrogen (secondary N) is 1. The lowest BCUT2D eigenvalue weighted by atomic mass is 10.1. The number of nitrogens with zero attached hydrogens (tertiary/aromatic N) is 1. The third kappa shape index (κ3) is 3.17. The van der Waals surface area contributed by atoms with Crippen molar-refractivity contribution in [3.63, 3.8) is 0 Å². The number of hydrogen-bond acceptors (Lipinski definition) is 3. The third-order valence-corrected chi connectivity index (χ3v) is 2.37. The van der Waals surface area contributed by atoms with Crippen molar-refractivity contribution < 1.29 is 9.59 Å². The number of nitriles is 1. The van der Waals surface area contributed by atoms with Crippen LogP contribution in [0.2, 0.25) is 0 Å². The second-order valence-electron chi connectivity index (χ2n) is 3.13. The Kier molecular flexibility index (Phi) is 4.20. The number of hydrogen-bond donors (Lipinski definition) is 1. The van der Waals surface area contributed by atoms with Crippen LogP contribution in [-0.2, 0) is 4.79 Å². The van der Waals surface area contributed by atoms with E-state index in [2.05, 4.69) is 21.2 Å². The first-order valence-corrected chi connectivity index (χ1v) is 5.31. The van der Waals surface area contributed by atoms with Gasteiger partial charge in [0.1, 0.15) is 6.42 Å². The van der Waals surface area contributed by atoms with Crippen molar-refractivity contribution in [1.82, 2.24) is 0 Å². The first-order chi connectivity index (χ1) is 7.54. The summed E-state index contributed by atoms with van der Waals surface area (Å²) in [5, 5.41) is 10.9. The van der Waals surface area contributed by atoms with Gasteiger partial charge in [0.15, 0.2) is 5.78 Å². The molecule has 0 unspecified atom stereocenters. The van der Waals surface area contributed by atoms with E-state index in [9.17, 15) is 9.59 Å². The van der Waals surface area contributed by atoms with E-state index >= 15 is 0 Å². The molecule has 0 spiro atoms. The Labute approximate surface area is 101 Å². The van der Waals surface area contributed by atoms with E-state index in [0.717, 1.165) is 4.47 Å². The third-order valence-electron chi connectivity index (χ3n) is 1.87. The van der Waals surface area contributed by atoms with E-state index in [-0.39, 0.29) is 12.2 Å². The number of carbonyl (C=O) groups excluding carboxylic acids is 2. The molecule has 0 fully saturated rings. The molecule has 0 aliphatic rings. The number of carbonyl (C=O) groups is 2. The molecule has 0 bridgehead atoms. The summed E-state index contributed by atoms with van der Waals surface area (Å²) in [5.41, 5.74) is 0.844. The van der Waals surface area contributed by atoms with Gasteiger partial charge in [0.05, 0.1) is 11.8 Å². The van der Waals surface area contributed by atoms with E-state index in [1.165, 1.54) is 6.92 Å². The first kappa shape index (κ1) is 12.4. The van der Waals surface area contributed by atoms with Gasteiger partial charge in [-0.15, -0.1) is 0 Å². The van der Waals surface area contributed by atoms with Crippen LogP contribution in [0, 0.1) is 11.3 Å². The van der Waals surface area contributed by atoms with Crippen LogP contribution in [-0.4, -0.2) is 11.7 Å². The molecular formula is C11H9BrN2O2. The summed E-state index contributed by atoms with van der Waals surface area (Å²) in [4.78, 5) is 22.5. The molecule has 0 saturated heterocycles. The normalized spacial score (nSPS) is 9.31. The highest BCUT2D eigenvalue weighted by Crippen LogP contribution is 2.21. The highest BCUT2D eigenvalue weighted by atomic mass is 79.9. The van der Waals surface area contributed by atoms with Gasteiger partial charge < -0.3 is 5.32 Å². The summed E-state index contributed by atoms with van der Waals surface area (Å²) in [6.45, 7) is 1.42. The minimum atomic E-state index is -0.424. The lowest BCUT2D eigenvalue weighted by Crippen LogP contribution is -2.13. The average molecular weight is 281 g/mol. The number of Topliss-reactive ketones (excluding diaryl/α,β-unsaturated/α-hetero) is 1. The number of benzene rings is 1. The molecule has 16 heavy (non-hydrogen) atoms. The van der Waals surface area contributed by atoms with Gasteiger partial charge in [-0.3, -0.25) is 9.59 Å². The zero-order valence-corrected chi connectivity index (χ0v) is 10.2. The lowest BCUT2D eigenvalue weighted by molar-refractivity contribution is -0.115. The van der Waals surface area contributed by atoms with E-state index in [0.29, 0.717) is 11.3 Å². The minimum Gasteiger partial charge on any atom is -0.325 e. The highest BCUT2D eigenvalue weighted by Gasteiger charge is 2.10. The minimum absolute atomic E-state index is 0.145. The summed E-state index contributed by atoms with van der Waals surface area (Å²) in [7, 11) is 0. The summed E-state index contributed by atoms with van der Waals surface area (Å²) in [5.74, 6) is -0.569. The first-order valence-electron chi connectivity index (χ1n) is 4.52. The van der Waals surface area contributed by atoms with Gasteiger partial charge in [-0.1, -0.05) is 15.9 Å². The molecule has 0 radical (unpaired) electrons. The lowest BCUT2D eigenvalue weighted by Gasteiger charge is -2.08. The Balaban J connectivity index is 3.00. The fraction of sp³-hybridized carbons (Fsp3) is 0.182. The summed E-state index contributed by atoms with van der Waals surface area (Å²) < 4.78 is 0.760. The Morgan fingerprint density at radius 2 is 2.19 bits per heavy atom. The molecule has 1 aromatic carbocycles. The molecule has 0 aromatic heterocycles. The van der Waals surface area contributed by atoms with Gasteiger partial charge in [-0.25, -0.2) is 0 Å². The number of ketones is 1. The summed E-state index contributed by atoms with van der Waals surface area (Å²) >= 11 is 3.24. The zero-order chi connectivity index (χ0) is 12.1. The Bertz CT molecular complexity index is 477. The Morgan fingerprint density at radius 1 is 1.50 bits per heavy atom. The number of halogens is 1. The molecule has 1 N–H and O–H groups in total. The molecule has 0 heterocycles. The molecule has 0 atom stereocenters. The number of anilines is 1. The average Bonchev–Trinajstić information content (AvgIpc) is 2.20. The SMILES string of the molecule is CC(=O)c1cc(Br)ccc1NC(=O)CC#N. The molecule has 4 nitrogen and oxygen atoms in total. The maximum atomic E-state index is 11.3. The predicted molar refractivity (Wildman–Crippen MR) is 63.0 cm³/mol. The second-order valence-corrected chi connectivity index (χ2v) is 4.04. The van der Waals surface area contributed by atoms with Gasteiger partial charge in [-0.2, -0.15) is 5.26 Å². The van der Waals surface area contributed by atoms with Crippen LogP contribution in [0.3, 0.4) is 0 Å². The Hall–Kier alpha value is -1.67. The molecule has 5 heteroatoms. The van der Waals surface area contributed by atoms with Gasteiger partial charge in [0.2, 0.25) is 5.91 Å². The molecular weight excluding hydrogens is 272 g/mol. The smallest absolute Gasteiger partial charge is 0.238 e. The number of amides is 1. The molecule has 0 aliphatic heterocycles. The van der Waals surface area contributed by atoms with Crippen LogP contribution in [0.15, 0.2) is 22.7 Å².